The number of nitrogens with zero attached hydrogens (tertiary/aromatic N) is 1. The van der Waals surface area contributed by atoms with Crippen molar-refractivity contribution in [1.82, 2.24) is 0 Å². The maximum Gasteiger partial charge on any atom is 0.0443 e. The van der Waals surface area contributed by atoms with Crippen LogP contribution in [0.2, 0.25) is 5.02 Å². The second-order valence-corrected chi connectivity index (χ2v) is 11.3. The summed E-state index contributed by atoms with van der Waals surface area (Å²) in [6.45, 7) is 3.20. The minimum atomic E-state index is 0.731. The van der Waals surface area contributed by atoms with Crippen molar-refractivity contribution in [1.29, 1.82) is 0 Å². The summed E-state index contributed by atoms with van der Waals surface area (Å²) in [4.78, 5) is 4.89. The average molecular weight is 412 g/mol. The number of halogens is 1. The van der Waals surface area contributed by atoms with Gasteiger partial charge in [-0.3, -0.25) is 4.99 Å². The highest BCUT2D eigenvalue weighted by atomic mass is 35.5. The van der Waals surface area contributed by atoms with E-state index in [4.69, 9.17) is 16.6 Å². The standard InChI is InChI=1S/C27H38ClN/c1-18(29-10-9-19-5-3-2-4-6-19)11-20-7-8-25(26(28)17-20)27-23-13-21-12-22(15-23)16-24(27)14-21/h7-8,17,19,21-24,27H,2-6,9-16H2,1H3. The zero-order chi connectivity index (χ0) is 19.8. The maximum atomic E-state index is 6.87. The second kappa shape index (κ2) is 8.74. The fourth-order valence-electron chi connectivity index (χ4n) is 7.65. The lowest BCUT2D eigenvalue weighted by atomic mass is 9.51. The molecule has 0 heterocycles. The van der Waals surface area contributed by atoms with Gasteiger partial charge in [-0.05, 0) is 98.1 Å². The molecule has 4 bridgehead atoms. The molecule has 0 N–H and O–H groups in total. The van der Waals surface area contributed by atoms with Crippen LogP contribution in [0.4, 0.5) is 0 Å². The number of aliphatic imine (C=N–C) groups is 1. The van der Waals surface area contributed by atoms with Crippen LogP contribution in [0, 0.1) is 29.6 Å². The van der Waals surface area contributed by atoms with Gasteiger partial charge in [-0.15, -0.1) is 0 Å². The minimum absolute atomic E-state index is 0.731. The van der Waals surface area contributed by atoms with E-state index in [9.17, 15) is 0 Å². The first-order valence-electron chi connectivity index (χ1n) is 12.4. The smallest absolute Gasteiger partial charge is 0.0443 e. The van der Waals surface area contributed by atoms with Crippen LogP contribution in [0.5, 0.6) is 0 Å². The highest BCUT2D eigenvalue weighted by Gasteiger charge is 2.48. The third kappa shape index (κ3) is 4.46. The number of rotatable bonds is 6. The van der Waals surface area contributed by atoms with Gasteiger partial charge in [0.15, 0.2) is 0 Å². The van der Waals surface area contributed by atoms with Crippen molar-refractivity contribution in [2.75, 3.05) is 6.54 Å². The van der Waals surface area contributed by atoms with Crippen LogP contribution in [-0.2, 0) is 6.42 Å². The summed E-state index contributed by atoms with van der Waals surface area (Å²) >= 11 is 6.87. The number of hydrogen-bond acceptors (Lipinski definition) is 1. The zero-order valence-corrected chi connectivity index (χ0v) is 19.0. The molecule has 0 atom stereocenters. The molecule has 6 rings (SSSR count). The second-order valence-electron chi connectivity index (χ2n) is 10.9. The van der Waals surface area contributed by atoms with Gasteiger partial charge in [0, 0.05) is 23.7 Å². The van der Waals surface area contributed by atoms with Crippen LogP contribution in [0.15, 0.2) is 23.2 Å². The van der Waals surface area contributed by atoms with Gasteiger partial charge in [-0.2, -0.15) is 0 Å². The fraction of sp³-hybridized carbons (Fsp3) is 0.741. The van der Waals surface area contributed by atoms with Gasteiger partial charge in [-0.25, -0.2) is 0 Å². The average Bonchev–Trinajstić information content (AvgIpc) is 2.69. The molecule has 0 radical (unpaired) electrons. The van der Waals surface area contributed by atoms with E-state index in [1.54, 1.807) is 0 Å². The fourth-order valence-corrected chi connectivity index (χ4v) is 7.98. The predicted octanol–water partition coefficient (Wildman–Crippen LogP) is 7.85. The predicted molar refractivity (Wildman–Crippen MR) is 124 cm³/mol. The highest BCUT2D eigenvalue weighted by Crippen LogP contribution is 2.60. The molecule has 0 amide bonds. The topological polar surface area (TPSA) is 12.4 Å². The van der Waals surface area contributed by atoms with Crippen molar-refractivity contribution in [2.24, 2.45) is 34.6 Å². The van der Waals surface area contributed by atoms with Crippen molar-refractivity contribution in [3.05, 3.63) is 34.3 Å². The first-order chi connectivity index (χ1) is 14.2. The molecule has 1 nitrogen and oxygen atoms in total. The summed E-state index contributed by atoms with van der Waals surface area (Å²) in [6.07, 6.45) is 16.8. The van der Waals surface area contributed by atoms with Crippen molar-refractivity contribution >= 4 is 17.3 Å². The zero-order valence-electron chi connectivity index (χ0n) is 18.2. The largest absolute Gasteiger partial charge is 0.294 e. The van der Waals surface area contributed by atoms with E-state index in [0.717, 1.165) is 53.5 Å². The van der Waals surface area contributed by atoms with Gasteiger partial charge in [-0.1, -0.05) is 55.8 Å². The summed E-state index contributed by atoms with van der Waals surface area (Å²) in [6, 6.07) is 6.97. The van der Waals surface area contributed by atoms with Crippen molar-refractivity contribution < 1.29 is 0 Å². The van der Waals surface area contributed by atoms with Gasteiger partial charge in [0.1, 0.15) is 0 Å². The Labute approximate surface area is 182 Å². The molecule has 5 fully saturated rings. The van der Waals surface area contributed by atoms with E-state index in [0.29, 0.717) is 0 Å². The van der Waals surface area contributed by atoms with E-state index >= 15 is 0 Å². The van der Waals surface area contributed by atoms with Crippen LogP contribution >= 0.6 is 11.6 Å². The first-order valence-corrected chi connectivity index (χ1v) is 12.8. The van der Waals surface area contributed by atoms with Gasteiger partial charge in [0.2, 0.25) is 0 Å². The van der Waals surface area contributed by atoms with Crippen LogP contribution in [0.1, 0.15) is 94.6 Å². The lowest BCUT2D eigenvalue weighted by molar-refractivity contribution is -0.00275. The Morgan fingerprint density at radius 2 is 1.66 bits per heavy atom. The molecule has 5 aliphatic rings. The maximum absolute atomic E-state index is 6.87. The van der Waals surface area contributed by atoms with Crippen molar-refractivity contribution in [3.63, 3.8) is 0 Å². The molecule has 0 aromatic heterocycles. The monoisotopic (exact) mass is 411 g/mol. The van der Waals surface area contributed by atoms with E-state index in [-0.39, 0.29) is 0 Å². The molecule has 0 aliphatic heterocycles. The molecular formula is C27H38ClN. The van der Waals surface area contributed by atoms with Gasteiger partial charge < -0.3 is 0 Å². The summed E-state index contributed by atoms with van der Waals surface area (Å²) < 4.78 is 0. The Hall–Kier alpha value is -0.820. The Bertz CT molecular complexity index is 717. The third-order valence-electron chi connectivity index (χ3n) is 8.75. The van der Waals surface area contributed by atoms with Crippen LogP contribution in [0.25, 0.3) is 0 Å². The lowest BCUT2D eigenvalue weighted by Gasteiger charge is -2.54. The van der Waals surface area contributed by atoms with Crippen molar-refractivity contribution in [3.8, 4) is 0 Å². The van der Waals surface area contributed by atoms with E-state index in [1.807, 2.05) is 0 Å². The molecule has 1 aromatic carbocycles. The Morgan fingerprint density at radius 1 is 0.966 bits per heavy atom. The Kier molecular flexibility index (Phi) is 6.06. The van der Waals surface area contributed by atoms with Crippen LogP contribution in [0.3, 0.4) is 0 Å². The van der Waals surface area contributed by atoms with E-state index in [1.165, 1.54) is 87.5 Å². The third-order valence-corrected chi connectivity index (χ3v) is 9.08. The minimum Gasteiger partial charge on any atom is -0.294 e. The molecule has 5 saturated carbocycles. The molecule has 2 heteroatoms. The van der Waals surface area contributed by atoms with Crippen LogP contribution < -0.4 is 0 Å². The lowest BCUT2D eigenvalue weighted by Crippen LogP contribution is -2.43. The van der Waals surface area contributed by atoms with Gasteiger partial charge in [0.25, 0.3) is 0 Å². The van der Waals surface area contributed by atoms with Gasteiger partial charge in [0.05, 0.1) is 0 Å². The molecule has 0 unspecified atom stereocenters. The number of benzene rings is 1. The SMILES string of the molecule is CC(Cc1ccc(C2C3CC4CC(C3)CC2C4)c(Cl)c1)=NCCC1CCCCC1. The number of hydrogen-bond donors (Lipinski definition) is 0. The first kappa shape index (κ1) is 20.1. The van der Waals surface area contributed by atoms with Gasteiger partial charge >= 0.3 is 0 Å². The Morgan fingerprint density at radius 3 is 2.31 bits per heavy atom. The quantitative estimate of drug-likeness (QED) is 0.422. The molecular weight excluding hydrogens is 374 g/mol. The molecule has 29 heavy (non-hydrogen) atoms. The highest BCUT2D eigenvalue weighted by molar-refractivity contribution is 6.31. The molecule has 1 aromatic rings. The summed E-state index contributed by atoms with van der Waals surface area (Å²) in [5.41, 5.74) is 4.05. The summed E-state index contributed by atoms with van der Waals surface area (Å²) in [5, 5.41) is 1.02. The summed E-state index contributed by atoms with van der Waals surface area (Å²) in [7, 11) is 0. The normalized spacial score (nSPS) is 34.7. The molecule has 158 valence electrons. The van der Waals surface area contributed by atoms with Crippen LogP contribution in [-0.4, -0.2) is 12.3 Å². The molecule has 0 spiro atoms. The molecule has 5 aliphatic carbocycles. The summed E-state index contributed by atoms with van der Waals surface area (Å²) in [5.74, 6) is 5.51. The Balaban J connectivity index is 1.20. The van der Waals surface area contributed by atoms with E-state index < -0.39 is 0 Å². The molecule has 0 saturated heterocycles. The van der Waals surface area contributed by atoms with Crippen molar-refractivity contribution in [2.45, 2.75) is 89.9 Å². The van der Waals surface area contributed by atoms with E-state index in [2.05, 4.69) is 25.1 Å².